The standard InChI is InChI=1S/C17H25F2N/c1-3-12-20-16(17(4-2)10-5-6-11-17)13-8-7-9-14(18)15(13)19/h7-9,16,20H,3-6,10-12H2,1-2H3. The molecule has 0 aromatic heterocycles. The molecule has 0 aliphatic heterocycles. The van der Waals surface area contributed by atoms with E-state index in [9.17, 15) is 8.78 Å². The molecule has 0 spiro atoms. The Morgan fingerprint density at radius 1 is 1.20 bits per heavy atom. The van der Waals surface area contributed by atoms with E-state index >= 15 is 0 Å². The predicted molar refractivity (Wildman–Crippen MR) is 78.6 cm³/mol. The minimum absolute atomic E-state index is 0.0732. The van der Waals surface area contributed by atoms with E-state index in [1.54, 1.807) is 12.1 Å². The van der Waals surface area contributed by atoms with Crippen molar-refractivity contribution in [2.24, 2.45) is 5.41 Å². The van der Waals surface area contributed by atoms with E-state index < -0.39 is 11.6 Å². The van der Waals surface area contributed by atoms with Crippen LogP contribution in [0.3, 0.4) is 0 Å². The molecule has 1 aromatic rings. The fourth-order valence-corrected chi connectivity index (χ4v) is 3.61. The molecule has 1 N–H and O–H groups in total. The molecule has 2 rings (SSSR count). The van der Waals surface area contributed by atoms with Crippen molar-refractivity contribution in [1.29, 1.82) is 0 Å². The van der Waals surface area contributed by atoms with Gasteiger partial charge in [0.25, 0.3) is 0 Å². The number of benzene rings is 1. The number of nitrogens with one attached hydrogen (secondary N) is 1. The first-order chi connectivity index (χ1) is 9.64. The molecule has 0 heterocycles. The summed E-state index contributed by atoms with van der Waals surface area (Å²) in [5, 5.41) is 3.48. The van der Waals surface area contributed by atoms with E-state index in [2.05, 4.69) is 19.2 Å². The largest absolute Gasteiger partial charge is 0.309 e. The highest BCUT2D eigenvalue weighted by molar-refractivity contribution is 5.25. The summed E-state index contributed by atoms with van der Waals surface area (Å²) >= 11 is 0. The van der Waals surface area contributed by atoms with Crippen LogP contribution in [0.25, 0.3) is 0 Å². The van der Waals surface area contributed by atoms with Crippen molar-refractivity contribution in [3.8, 4) is 0 Å². The zero-order valence-corrected chi connectivity index (χ0v) is 12.5. The first-order valence-corrected chi connectivity index (χ1v) is 7.82. The van der Waals surface area contributed by atoms with Crippen LogP contribution < -0.4 is 5.32 Å². The molecule has 0 bridgehead atoms. The average Bonchev–Trinajstić information content (AvgIpc) is 2.93. The molecule has 1 nitrogen and oxygen atoms in total. The van der Waals surface area contributed by atoms with Gasteiger partial charge in [-0.25, -0.2) is 8.78 Å². The number of hydrogen-bond acceptors (Lipinski definition) is 1. The Bertz CT molecular complexity index is 439. The first kappa shape index (κ1) is 15.4. The van der Waals surface area contributed by atoms with Crippen molar-refractivity contribution >= 4 is 0 Å². The SMILES string of the molecule is CCCNC(c1cccc(F)c1F)C1(CC)CCCC1. The van der Waals surface area contributed by atoms with Gasteiger partial charge in [-0.1, -0.05) is 38.8 Å². The van der Waals surface area contributed by atoms with Crippen molar-refractivity contribution < 1.29 is 8.78 Å². The molecule has 1 saturated carbocycles. The zero-order valence-electron chi connectivity index (χ0n) is 12.5. The maximum atomic E-state index is 14.2. The molecule has 0 radical (unpaired) electrons. The summed E-state index contributed by atoms with van der Waals surface area (Å²) in [5.74, 6) is -1.42. The molecule has 3 heteroatoms. The van der Waals surface area contributed by atoms with Gasteiger partial charge < -0.3 is 5.32 Å². The van der Waals surface area contributed by atoms with E-state index in [0.717, 1.165) is 32.2 Å². The summed E-state index contributed by atoms with van der Waals surface area (Å²) in [4.78, 5) is 0. The van der Waals surface area contributed by atoms with Gasteiger partial charge >= 0.3 is 0 Å². The molecule has 1 aliphatic carbocycles. The topological polar surface area (TPSA) is 12.0 Å². The lowest BCUT2D eigenvalue weighted by atomic mass is 9.73. The van der Waals surface area contributed by atoms with Crippen molar-refractivity contribution in [3.05, 3.63) is 35.4 Å². The number of hydrogen-bond donors (Lipinski definition) is 1. The predicted octanol–water partition coefficient (Wildman–Crippen LogP) is 4.98. The monoisotopic (exact) mass is 281 g/mol. The van der Waals surface area contributed by atoms with Gasteiger partial charge in [0, 0.05) is 11.6 Å². The van der Waals surface area contributed by atoms with Crippen LogP contribution in [0.2, 0.25) is 0 Å². The minimum Gasteiger partial charge on any atom is -0.309 e. The van der Waals surface area contributed by atoms with Gasteiger partial charge in [-0.15, -0.1) is 0 Å². The van der Waals surface area contributed by atoms with Crippen molar-refractivity contribution in [3.63, 3.8) is 0 Å². The second kappa shape index (κ2) is 6.66. The van der Waals surface area contributed by atoms with E-state index in [1.165, 1.54) is 18.9 Å². The summed E-state index contributed by atoms with van der Waals surface area (Å²) in [7, 11) is 0. The third-order valence-electron chi connectivity index (χ3n) is 4.81. The Labute approximate surface area is 120 Å². The number of halogens is 2. The van der Waals surface area contributed by atoms with Gasteiger partial charge in [0.1, 0.15) is 0 Å². The molecule has 0 saturated heterocycles. The van der Waals surface area contributed by atoms with E-state index in [4.69, 9.17) is 0 Å². The smallest absolute Gasteiger partial charge is 0.163 e. The van der Waals surface area contributed by atoms with E-state index in [-0.39, 0.29) is 11.5 Å². The maximum Gasteiger partial charge on any atom is 0.163 e. The molecule has 20 heavy (non-hydrogen) atoms. The molecule has 1 atom stereocenters. The second-order valence-corrected chi connectivity index (χ2v) is 5.95. The first-order valence-electron chi connectivity index (χ1n) is 7.82. The fourth-order valence-electron chi connectivity index (χ4n) is 3.61. The molecule has 1 fully saturated rings. The summed E-state index contributed by atoms with van der Waals surface area (Å²) < 4.78 is 27.8. The zero-order chi connectivity index (χ0) is 14.6. The van der Waals surface area contributed by atoms with Crippen LogP contribution in [0.4, 0.5) is 8.78 Å². The molecule has 1 unspecified atom stereocenters. The minimum atomic E-state index is -0.741. The summed E-state index contributed by atoms with van der Waals surface area (Å²) in [6.45, 7) is 5.10. The van der Waals surface area contributed by atoms with Crippen molar-refractivity contribution in [2.45, 2.75) is 58.4 Å². The second-order valence-electron chi connectivity index (χ2n) is 5.95. The fraction of sp³-hybridized carbons (Fsp3) is 0.647. The molecular formula is C17H25F2N. The van der Waals surface area contributed by atoms with Crippen LogP contribution in [0, 0.1) is 17.0 Å². The van der Waals surface area contributed by atoms with Crippen molar-refractivity contribution in [1.82, 2.24) is 5.32 Å². The third kappa shape index (κ3) is 2.88. The van der Waals surface area contributed by atoms with Gasteiger partial charge in [0.05, 0.1) is 0 Å². The van der Waals surface area contributed by atoms with Gasteiger partial charge in [-0.3, -0.25) is 0 Å². The van der Waals surface area contributed by atoms with Crippen LogP contribution >= 0.6 is 0 Å². The Kier molecular flexibility index (Phi) is 5.14. The van der Waals surface area contributed by atoms with Crippen LogP contribution in [-0.4, -0.2) is 6.54 Å². The lowest BCUT2D eigenvalue weighted by Crippen LogP contribution is -2.37. The summed E-state index contributed by atoms with van der Waals surface area (Å²) in [6, 6.07) is 4.47. The van der Waals surface area contributed by atoms with Crippen LogP contribution in [0.1, 0.15) is 64.0 Å². The molecule has 1 aliphatic rings. The highest BCUT2D eigenvalue weighted by Gasteiger charge is 2.41. The quantitative estimate of drug-likeness (QED) is 0.775. The molecule has 112 valence electrons. The normalized spacial score (nSPS) is 19.2. The van der Waals surface area contributed by atoms with Gasteiger partial charge in [-0.2, -0.15) is 0 Å². The lowest BCUT2D eigenvalue weighted by molar-refractivity contribution is 0.182. The van der Waals surface area contributed by atoms with Gasteiger partial charge in [0.2, 0.25) is 0 Å². The van der Waals surface area contributed by atoms with E-state index in [1.807, 2.05) is 0 Å². The Morgan fingerprint density at radius 3 is 2.50 bits per heavy atom. The summed E-state index contributed by atoms with van der Waals surface area (Å²) in [5.41, 5.74) is 0.575. The number of rotatable bonds is 6. The third-order valence-corrected chi connectivity index (χ3v) is 4.81. The molecule has 1 aromatic carbocycles. The maximum absolute atomic E-state index is 14.2. The average molecular weight is 281 g/mol. The highest BCUT2D eigenvalue weighted by Crippen LogP contribution is 2.50. The lowest BCUT2D eigenvalue weighted by Gasteiger charge is -2.38. The molecule has 0 amide bonds. The Balaban J connectivity index is 2.38. The highest BCUT2D eigenvalue weighted by atomic mass is 19.2. The molecular weight excluding hydrogens is 256 g/mol. The van der Waals surface area contributed by atoms with E-state index in [0.29, 0.717) is 5.56 Å². The van der Waals surface area contributed by atoms with Crippen LogP contribution in [0.5, 0.6) is 0 Å². The van der Waals surface area contributed by atoms with Crippen LogP contribution in [0.15, 0.2) is 18.2 Å². The Hall–Kier alpha value is -0.960. The van der Waals surface area contributed by atoms with Gasteiger partial charge in [0.15, 0.2) is 11.6 Å². The van der Waals surface area contributed by atoms with Crippen molar-refractivity contribution in [2.75, 3.05) is 6.54 Å². The Morgan fingerprint density at radius 2 is 1.90 bits per heavy atom. The summed E-state index contributed by atoms with van der Waals surface area (Å²) in [6.07, 6.45) is 6.57. The van der Waals surface area contributed by atoms with Gasteiger partial charge in [-0.05, 0) is 43.7 Å². The van der Waals surface area contributed by atoms with Crippen LogP contribution in [-0.2, 0) is 0 Å².